The number of nitrogens with one attached hydrogen (secondary N) is 2. The third-order valence-corrected chi connectivity index (χ3v) is 6.16. The van der Waals surface area contributed by atoms with Gasteiger partial charge in [-0.25, -0.2) is 8.42 Å². The van der Waals surface area contributed by atoms with Crippen molar-refractivity contribution in [3.8, 4) is 0 Å². The Morgan fingerprint density at radius 3 is 2.28 bits per heavy atom. The standard InChI is InChI=1S/C18H22N2O4S/c1-11(2)25(23,24)15-7-5-14(6-8-15)17(21)19-10-16-12(3)9-13(4)20-18(16)22/h5-9,11H,10H2,1-4H3,(H,19,21)(H,20,22). The molecule has 134 valence electrons. The summed E-state index contributed by atoms with van der Waals surface area (Å²) in [6.07, 6.45) is 0. The summed E-state index contributed by atoms with van der Waals surface area (Å²) < 4.78 is 24.2. The summed E-state index contributed by atoms with van der Waals surface area (Å²) >= 11 is 0. The second kappa shape index (κ2) is 7.23. The number of aryl methyl sites for hydroxylation is 2. The fraction of sp³-hybridized carbons (Fsp3) is 0.333. The molecule has 7 heteroatoms. The Labute approximate surface area is 147 Å². The number of H-pyrrole nitrogens is 1. The van der Waals surface area contributed by atoms with Crippen molar-refractivity contribution in [2.45, 2.75) is 44.4 Å². The molecule has 0 atom stereocenters. The average Bonchev–Trinajstić information content (AvgIpc) is 2.53. The quantitative estimate of drug-likeness (QED) is 0.851. The Morgan fingerprint density at radius 2 is 1.76 bits per heavy atom. The number of carbonyl (C=O) groups is 1. The summed E-state index contributed by atoms with van der Waals surface area (Å²) in [4.78, 5) is 27.1. The Morgan fingerprint density at radius 1 is 1.16 bits per heavy atom. The first-order valence-corrected chi connectivity index (χ1v) is 9.49. The first kappa shape index (κ1) is 18.9. The number of sulfone groups is 1. The molecule has 0 aliphatic rings. The number of aromatic amines is 1. The molecule has 2 N–H and O–H groups in total. The Hall–Kier alpha value is -2.41. The van der Waals surface area contributed by atoms with E-state index < -0.39 is 15.1 Å². The number of pyridine rings is 1. The molecule has 0 bridgehead atoms. The molecule has 1 aromatic heterocycles. The van der Waals surface area contributed by atoms with E-state index in [9.17, 15) is 18.0 Å². The topological polar surface area (TPSA) is 96.1 Å². The van der Waals surface area contributed by atoms with Crippen LogP contribution in [0.5, 0.6) is 0 Å². The van der Waals surface area contributed by atoms with Gasteiger partial charge in [0.2, 0.25) is 0 Å². The van der Waals surface area contributed by atoms with Crippen LogP contribution in [-0.2, 0) is 16.4 Å². The number of carbonyl (C=O) groups excluding carboxylic acids is 1. The average molecular weight is 362 g/mol. The summed E-state index contributed by atoms with van der Waals surface area (Å²) in [5, 5.41) is 2.16. The molecule has 0 saturated heterocycles. The van der Waals surface area contributed by atoms with Gasteiger partial charge in [-0.05, 0) is 63.6 Å². The number of hydrogen-bond donors (Lipinski definition) is 2. The summed E-state index contributed by atoms with van der Waals surface area (Å²) in [5.74, 6) is -0.368. The molecule has 1 amide bonds. The first-order valence-electron chi connectivity index (χ1n) is 7.94. The van der Waals surface area contributed by atoms with E-state index in [2.05, 4.69) is 10.3 Å². The number of benzene rings is 1. The second-order valence-corrected chi connectivity index (χ2v) is 8.75. The zero-order chi connectivity index (χ0) is 18.8. The van der Waals surface area contributed by atoms with Crippen LogP contribution in [0.1, 0.15) is 41.0 Å². The van der Waals surface area contributed by atoms with Crippen LogP contribution in [-0.4, -0.2) is 24.6 Å². The zero-order valence-electron chi connectivity index (χ0n) is 14.7. The number of rotatable bonds is 5. The second-order valence-electron chi connectivity index (χ2n) is 6.24. The predicted molar refractivity (Wildman–Crippen MR) is 96.5 cm³/mol. The van der Waals surface area contributed by atoms with E-state index in [0.717, 1.165) is 11.3 Å². The molecule has 0 aliphatic carbocycles. The largest absolute Gasteiger partial charge is 0.348 e. The first-order chi connectivity index (χ1) is 11.6. The SMILES string of the molecule is Cc1cc(C)c(CNC(=O)c2ccc(S(=O)(=O)C(C)C)cc2)c(=O)[nH]1. The van der Waals surface area contributed by atoms with E-state index in [1.165, 1.54) is 24.3 Å². The van der Waals surface area contributed by atoms with Crippen molar-refractivity contribution < 1.29 is 13.2 Å². The van der Waals surface area contributed by atoms with Crippen molar-refractivity contribution in [3.63, 3.8) is 0 Å². The lowest BCUT2D eigenvalue weighted by atomic mass is 10.1. The van der Waals surface area contributed by atoms with Gasteiger partial charge in [0.15, 0.2) is 9.84 Å². The molecule has 0 aliphatic heterocycles. The summed E-state index contributed by atoms with van der Waals surface area (Å²) in [6.45, 7) is 6.93. The molecule has 0 fully saturated rings. The van der Waals surface area contributed by atoms with E-state index >= 15 is 0 Å². The van der Waals surface area contributed by atoms with Crippen molar-refractivity contribution in [1.29, 1.82) is 0 Å². The van der Waals surface area contributed by atoms with E-state index in [1.807, 2.05) is 13.0 Å². The van der Waals surface area contributed by atoms with Gasteiger partial charge in [0.05, 0.1) is 10.1 Å². The number of hydrogen-bond acceptors (Lipinski definition) is 4. The summed E-state index contributed by atoms with van der Waals surface area (Å²) in [5.41, 5.74) is 2.18. The molecule has 0 spiro atoms. The van der Waals surface area contributed by atoms with Crippen LogP contribution in [0.4, 0.5) is 0 Å². The van der Waals surface area contributed by atoms with Gasteiger partial charge in [0.25, 0.3) is 11.5 Å². The Balaban J connectivity index is 2.14. The van der Waals surface area contributed by atoms with Gasteiger partial charge < -0.3 is 10.3 Å². The maximum absolute atomic E-state index is 12.2. The lowest BCUT2D eigenvalue weighted by Crippen LogP contribution is -2.28. The minimum Gasteiger partial charge on any atom is -0.348 e. The highest BCUT2D eigenvalue weighted by molar-refractivity contribution is 7.92. The Kier molecular flexibility index (Phi) is 5.47. The summed E-state index contributed by atoms with van der Waals surface area (Å²) in [6, 6.07) is 7.63. The summed E-state index contributed by atoms with van der Waals surface area (Å²) in [7, 11) is -3.37. The van der Waals surface area contributed by atoms with Crippen LogP contribution in [0.3, 0.4) is 0 Å². The minimum absolute atomic E-state index is 0.103. The van der Waals surface area contributed by atoms with Crippen LogP contribution < -0.4 is 10.9 Å². The Bertz CT molecular complexity index is 942. The monoisotopic (exact) mass is 362 g/mol. The third-order valence-electron chi connectivity index (χ3n) is 3.99. The van der Waals surface area contributed by atoms with Crippen molar-refractivity contribution >= 4 is 15.7 Å². The predicted octanol–water partition coefficient (Wildman–Crippen LogP) is 2.10. The smallest absolute Gasteiger partial charge is 0.253 e. The van der Waals surface area contributed by atoms with Gasteiger partial charge in [-0.15, -0.1) is 0 Å². The normalized spacial score (nSPS) is 11.6. The van der Waals surface area contributed by atoms with E-state index in [0.29, 0.717) is 11.1 Å². The van der Waals surface area contributed by atoms with Gasteiger partial charge in [-0.3, -0.25) is 9.59 Å². The van der Waals surface area contributed by atoms with E-state index in [1.54, 1.807) is 20.8 Å². The lowest BCUT2D eigenvalue weighted by molar-refractivity contribution is 0.0950. The fourth-order valence-electron chi connectivity index (χ4n) is 2.44. The molecule has 25 heavy (non-hydrogen) atoms. The number of amides is 1. The molecular weight excluding hydrogens is 340 g/mol. The van der Waals surface area contributed by atoms with Crippen LogP contribution >= 0.6 is 0 Å². The van der Waals surface area contributed by atoms with Crippen molar-refractivity contribution in [2.75, 3.05) is 0 Å². The molecule has 0 unspecified atom stereocenters. The fourth-order valence-corrected chi connectivity index (χ4v) is 3.50. The molecule has 2 aromatic rings. The molecule has 6 nitrogen and oxygen atoms in total. The minimum atomic E-state index is -3.37. The van der Waals surface area contributed by atoms with Gasteiger partial charge in [-0.1, -0.05) is 0 Å². The molecular formula is C18H22N2O4S. The maximum atomic E-state index is 12.2. The van der Waals surface area contributed by atoms with Gasteiger partial charge >= 0.3 is 0 Å². The van der Waals surface area contributed by atoms with Crippen molar-refractivity contribution in [3.05, 3.63) is 63.1 Å². The van der Waals surface area contributed by atoms with Crippen molar-refractivity contribution in [2.24, 2.45) is 0 Å². The van der Waals surface area contributed by atoms with Crippen LogP contribution in [0.2, 0.25) is 0 Å². The van der Waals surface area contributed by atoms with Crippen molar-refractivity contribution in [1.82, 2.24) is 10.3 Å². The highest BCUT2D eigenvalue weighted by Crippen LogP contribution is 2.16. The lowest BCUT2D eigenvalue weighted by Gasteiger charge is -2.10. The van der Waals surface area contributed by atoms with Gasteiger partial charge in [-0.2, -0.15) is 0 Å². The van der Waals surface area contributed by atoms with Gasteiger partial charge in [0, 0.05) is 23.4 Å². The zero-order valence-corrected chi connectivity index (χ0v) is 15.5. The van der Waals surface area contributed by atoms with E-state index in [4.69, 9.17) is 0 Å². The highest BCUT2D eigenvalue weighted by Gasteiger charge is 2.19. The number of aromatic nitrogens is 1. The van der Waals surface area contributed by atoms with Crippen LogP contribution in [0.25, 0.3) is 0 Å². The molecule has 1 aromatic carbocycles. The highest BCUT2D eigenvalue weighted by atomic mass is 32.2. The molecule has 0 radical (unpaired) electrons. The maximum Gasteiger partial charge on any atom is 0.253 e. The third kappa shape index (κ3) is 4.17. The molecule has 0 saturated carbocycles. The van der Waals surface area contributed by atoms with E-state index in [-0.39, 0.29) is 22.9 Å². The molecule has 2 rings (SSSR count). The molecule has 1 heterocycles. The van der Waals surface area contributed by atoms with Crippen LogP contribution in [0.15, 0.2) is 40.0 Å². The van der Waals surface area contributed by atoms with Crippen LogP contribution in [0, 0.1) is 13.8 Å². The van der Waals surface area contributed by atoms with Gasteiger partial charge in [0.1, 0.15) is 0 Å².